The van der Waals surface area contributed by atoms with Crippen LogP contribution in [0.25, 0.3) is 10.8 Å². The summed E-state index contributed by atoms with van der Waals surface area (Å²) in [5.41, 5.74) is 0.900. The molecular formula is C25H29N3O4S. The van der Waals surface area contributed by atoms with Crippen LogP contribution in [0, 0.1) is 0 Å². The predicted octanol–water partition coefficient (Wildman–Crippen LogP) is 2.85. The van der Waals surface area contributed by atoms with Gasteiger partial charge in [-0.3, -0.25) is 14.4 Å². The number of benzene rings is 2. The highest BCUT2D eigenvalue weighted by molar-refractivity contribution is 7.80. The van der Waals surface area contributed by atoms with E-state index in [2.05, 4.69) is 10.6 Å². The van der Waals surface area contributed by atoms with Crippen LogP contribution in [0.5, 0.6) is 0 Å². The molecule has 1 heterocycles. The van der Waals surface area contributed by atoms with E-state index in [9.17, 15) is 14.4 Å². The van der Waals surface area contributed by atoms with Gasteiger partial charge in [-0.1, -0.05) is 48.9 Å². The van der Waals surface area contributed by atoms with Crippen LogP contribution in [0.3, 0.4) is 0 Å². The lowest BCUT2D eigenvalue weighted by atomic mass is 9.98. The summed E-state index contributed by atoms with van der Waals surface area (Å²) >= 11 is 5.47. The molecule has 1 aliphatic heterocycles. The molecule has 0 bridgehead atoms. The number of fused-ring (bicyclic) bond motifs is 1. The summed E-state index contributed by atoms with van der Waals surface area (Å²) in [7, 11) is 0. The van der Waals surface area contributed by atoms with Gasteiger partial charge in [-0.2, -0.15) is 0 Å². The summed E-state index contributed by atoms with van der Waals surface area (Å²) in [5.74, 6) is -0.947. The third-order valence-electron chi connectivity index (χ3n) is 6.28. The van der Waals surface area contributed by atoms with Gasteiger partial charge in [0.15, 0.2) is 5.11 Å². The molecule has 2 aromatic carbocycles. The van der Waals surface area contributed by atoms with E-state index < -0.39 is 12.0 Å². The first-order valence-corrected chi connectivity index (χ1v) is 12.0. The number of piperazine rings is 1. The standard InChI is InChI=1S/C25H29N3O4S/c29-22(15-18-9-6-8-17-7-4-5-12-20(17)18)27-25(33)28-14-13-26-24(31)21(28)16-23(30)32-19-10-2-1-3-11-19/h4-9,12,19,21H,1-3,10-11,13-16H2,(H,26,31)(H,27,29,33). The Labute approximate surface area is 198 Å². The fourth-order valence-corrected chi connectivity index (χ4v) is 4.92. The molecule has 1 aliphatic carbocycles. The number of nitrogens with one attached hydrogen (secondary N) is 2. The fraction of sp³-hybridized carbons (Fsp3) is 0.440. The second kappa shape index (κ2) is 10.7. The summed E-state index contributed by atoms with van der Waals surface area (Å²) < 4.78 is 5.60. The maximum Gasteiger partial charge on any atom is 0.308 e. The van der Waals surface area contributed by atoms with Crippen molar-refractivity contribution in [3.8, 4) is 0 Å². The molecule has 2 aliphatic rings. The Morgan fingerprint density at radius 3 is 2.67 bits per heavy atom. The van der Waals surface area contributed by atoms with Gasteiger partial charge in [0.2, 0.25) is 11.8 Å². The van der Waals surface area contributed by atoms with Gasteiger partial charge in [0.05, 0.1) is 12.8 Å². The van der Waals surface area contributed by atoms with Crippen LogP contribution < -0.4 is 10.6 Å². The highest BCUT2D eigenvalue weighted by atomic mass is 32.1. The van der Waals surface area contributed by atoms with E-state index in [-0.39, 0.29) is 35.9 Å². The number of esters is 1. The Morgan fingerprint density at radius 2 is 1.85 bits per heavy atom. The quantitative estimate of drug-likeness (QED) is 0.519. The maximum atomic E-state index is 12.8. The minimum atomic E-state index is -0.791. The molecule has 1 atom stereocenters. The Bertz CT molecular complexity index is 1050. The smallest absolute Gasteiger partial charge is 0.308 e. The second-order valence-electron chi connectivity index (χ2n) is 8.62. The van der Waals surface area contributed by atoms with Crippen molar-refractivity contribution >= 4 is 45.9 Å². The molecule has 2 aromatic rings. The molecule has 0 spiro atoms. The van der Waals surface area contributed by atoms with Gasteiger partial charge in [-0.15, -0.1) is 0 Å². The molecular weight excluding hydrogens is 438 g/mol. The maximum absolute atomic E-state index is 12.8. The van der Waals surface area contributed by atoms with E-state index in [1.54, 1.807) is 4.90 Å². The number of nitrogens with zero attached hydrogens (tertiary/aromatic N) is 1. The molecule has 2 N–H and O–H groups in total. The Kier molecular flexibility index (Phi) is 7.54. The average molecular weight is 468 g/mol. The lowest BCUT2D eigenvalue weighted by Crippen LogP contribution is -2.60. The molecule has 1 saturated heterocycles. The van der Waals surface area contributed by atoms with Gasteiger partial charge < -0.3 is 20.3 Å². The number of carbonyl (C=O) groups excluding carboxylic acids is 3. The van der Waals surface area contributed by atoms with Crippen molar-refractivity contribution in [1.82, 2.24) is 15.5 Å². The van der Waals surface area contributed by atoms with Crippen molar-refractivity contribution in [1.29, 1.82) is 0 Å². The summed E-state index contributed by atoms with van der Waals surface area (Å²) in [6, 6.07) is 12.9. The van der Waals surface area contributed by atoms with Crippen LogP contribution >= 0.6 is 12.2 Å². The highest BCUT2D eigenvalue weighted by Gasteiger charge is 2.34. The lowest BCUT2D eigenvalue weighted by Gasteiger charge is -2.36. The van der Waals surface area contributed by atoms with Crippen LogP contribution in [0.2, 0.25) is 0 Å². The molecule has 8 heteroatoms. The van der Waals surface area contributed by atoms with Crippen LogP contribution in [0.1, 0.15) is 44.1 Å². The number of amides is 2. The predicted molar refractivity (Wildman–Crippen MR) is 129 cm³/mol. The Morgan fingerprint density at radius 1 is 1.09 bits per heavy atom. The zero-order chi connectivity index (χ0) is 23.2. The van der Waals surface area contributed by atoms with Gasteiger partial charge >= 0.3 is 5.97 Å². The SMILES string of the molecule is O=C(Cc1cccc2ccccc12)NC(=S)N1CCNC(=O)C1CC(=O)OC1CCCCC1. The van der Waals surface area contributed by atoms with E-state index in [0.29, 0.717) is 13.1 Å². The molecule has 2 fully saturated rings. The van der Waals surface area contributed by atoms with Crippen LogP contribution in [0.15, 0.2) is 42.5 Å². The zero-order valence-electron chi connectivity index (χ0n) is 18.5. The summed E-state index contributed by atoms with van der Waals surface area (Å²) in [4.78, 5) is 39.4. The first kappa shape index (κ1) is 23.2. The summed E-state index contributed by atoms with van der Waals surface area (Å²) in [6.45, 7) is 0.812. The van der Waals surface area contributed by atoms with Gasteiger partial charge in [0.25, 0.3) is 0 Å². The monoisotopic (exact) mass is 467 g/mol. The molecule has 0 radical (unpaired) electrons. The first-order chi connectivity index (χ1) is 16.0. The number of hydrogen-bond donors (Lipinski definition) is 2. The number of rotatable bonds is 5. The van der Waals surface area contributed by atoms with Gasteiger partial charge in [-0.25, -0.2) is 0 Å². The van der Waals surface area contributed by atoms with Gasteiger partial charge in [-0.05, 0) is 54.2 Å². The van der Waals surface area contributed by atoms with E-state index >= 15 is 0 Å². The molecule has 2 amide bonds. The molecule has 1 saturated carbocycles. The highest BCUT2D eigenvalue weighted by Crippen LogP contribution is 2.22. The lowest BCUT2D eigenvalue weighted by molar-refractivity contribution is -0.153. The van der Waals surface area contributed by atoms with Crippen molar-refractivity contribution in [2.45, 2.75) is 57.1 Å². The molecule has 174 valence electrons. The molecule has 33 heavy (non-hydrogen) atoms. The first-order valence-electron chi connectivity index (χ1n) is 11.6. The van der Waals surface area contributed by atoms with Crippen molar-refractivity contribution in [2.24, 2.45) is 0 Å². The van der Waals surface area contributed by atoms with Gasteiger partial charge in [0.1, 0.15) is 12.1 Å². The topological polar surface area (TPSA) is 87.7 Å². The Balaban J connectivity index is 1.38. The number of thiocarbonyl (C=S) groups is 1. The molecule has 0 aromatic heterocycles. The van der Waals surface area contributed by atoms with Crippen molar-refractivity contribution < 1.29 is 19.1 Å². The Hall–Kier alpha value is -3.00. The fourth-order valence-electron chi connectivity index (χ4n) is 4.59. The van der Waals surface area contributed by atoms with Crippen LogP contribution in [-0.2, 0) is 25.5 Å². The third-order valence-corrected chi connectivity index (χ3v) is 6.62. The molecule has 7 nitrogen and oxygen atoms in total. The second-order valence-corrected chi connectivity index (χ2v) is 9.01. The largest absolute Gasteiger partial charge is 0.462 e. The minimum absolute atomic E-state index is 0.0706. The third kappa shape index (κ3) is 5.87. The van der Waals surface area contributed by atoms with Crippen LogP contribution in [0.4, 0.5) is 0 Å². The van der Waals surface area contributed by atoms with E-state index in [4.69, 9.17) is 17.0 Å². The normalized spacial score (nSPS) is 19.1. The zero-order valence-corrected chi connectivity index (χ0v) is 19.4. The minimum Gasteiger partial charge on any atom is -0.462 e. The number of carbonyl (C=O) groups is 3. The van der Waals surface area contributed by atoms with Crippen LogP contribution in [-0.4, -0.2) is 53.0 Å². The van der Waals surface area contributed by atoms with E-state index in [0.717, 1.165) is 42.0 Å². The summed E-state index contributed by atoms with van der Waals surface area (Å²) in [6.07, 6.45) is 5.02. The van der Waals surface area contributed by atoms with E-state index in [1.165, 1.54) is 6.42 Å². The summed E-state index contributed by atoms with van der Waals surface area (Å²) in [5, 5.41) is 7.77. The average Bonchev–Trinajstić information content (AvgIpc) is 2.81. The number of ether oxygens (including phenoxy) is 1. The van der Waals surface area contributed by atoms with Crippen molar-refractivity contribution in [3.63, 3.8) is 0 Å². The van der Waals surface area contributed by atoms with E-state index in [1.807, 2.05) is 42.5 Å². The molecule has 4 rings (SSSR count). The van der Waals surface area contributed by atoms with Crippen molar-refractivity contribution in [3.05, 3.63) is 48.0 Å². The van der Waals surface area contributed by atoms with Crippen molar-refractivity contribution in [2.75, 3.05) is 13.1 Å². The van der Waals surface area contributed by atoms with Gasteiger partial charge in [0, 0.05) is 13.1 Å². The number of hydrogen-bond acceptors (Lipinski definition) is 5. The molecule has 1 unspecified atom stereocenters.